The van der Waals surface area contributed by atoms with Crippen LogP contribution in [-0.2, 0) is 14.3 Å². The first-order valence-electron chi connectivity index (χ1n) is 5.96. The molecular formula is C14H14N2O4. The van der Waals surface area contributed by atoms with Gasteiger partial charge in [-0.25, -0.2) is 4.79 Å². The topological polar surface area (TPSA) is 82.8 Å². The van der Waals surface area contributed by atoms with Crippen LogP contribution in [0.4, 0.5) is 0 Å². The van der Waals surface area contributed by atoms with Crippen molar-refractivity contribution >= 4 is 5.97 Å². The van der Waals surface area contributed by atoms with Crippen LogP contribution in [0.2, 0.25) is 0 Å². The van der Waals surface area contributed by atoms with Crippen LogP contribution >= 0.6 is 0 Å². The van der Waals surface area contributed by atoms with Gasteiger partial charge in [0.25, 0.3) is 0 Å². The average molecular weight is 274 g/mol. The van der Waals surface area contributed by atoms with Crippen LogP contribution in [0.25, 0.3) is 0 Å². The van der Waals surface area contributed by atoms with E-state index in [1.165, 1.54) is 7.11 Å². The molecule has 1 fully saturated rings. The van der Waals surface area contributed by atoms with Crippen molar-refractivity contribution in [3.63, 3.8) is 0 Å². The molecular weight excluding hydrogens is 260 g/mol. The van der Waals surface area contributed by atoms with E-state index in [2.05, 4.69) is 4.74 Å². The van der Waals surface area contributed by atoms with Gasteiger partial charge in [-0.3, -0.25) is 0 Å². The number of phenols is 1. The lowest BCUT2D eigenvalue weighted by Crippen LogP contribution is -2.17. The molecule has 2 rings (SSSR count). The van der Waals surface area contributed by atoms with E-state index in [0.717, 1.165) is 5.56 Å². The molecule has 0 saturated carbocycles. The highest BCUT2D eigenvalue weighted by atomic mass is 16.5. The van der Waals surface area contributed by atoms with E-state index < -0.39 is 5.97 Å². The van der Waals surface area contributed by atoms with Gasteiger partial charge < -0.3 is 19.5 Å². The van der Waals surface area contributed by atoms with Gasteiger partial charge in [-0.2, -0.15) is 5.26 Å². The Morgan fingerprint density at radius 2 is 2.35 bits per heavy atom. The zero-order valence-electron chi connectivity index (χ0n) is 11.2. The van der Waals surface area contributed by atoms with Gasteiger partial charge in [0.15, 0.2) is 5.57 Å². The first-order valence-corrected chi connectivity index (χ1v) is 5.96. The maximum absolute atomic E-state index is 11.5. The van der Waals surface area contributed by atoms with Gasteiger partial charge in [0.2, 0.25) is 5.88 Å². The fourth-order valence-electron chi connectivity index (χ4n) is 2.02. The molecule has 0 aliphatic carbocycles. The second-order valence-corrected chi connectivity index (χ2v) is 4.37. The molecule has 1 N–H and O–H groups in total. The van der Waals surface area contributed by atoms with Gasteiger partial charge in [0, 0.05) is 7.05 Å². The number of methoxy groups -OCH3 is 1. The standard InChI is InChI=1S/C14H14N2O4/c1-16-8-12(9-4-3-5-10(17)6-9)20-13(16)11(7-15)14(18)19-2/h3-6,12,17H,8H2,1-2H3/b13-11+/t12-/m0/s1. The predicted octanol–water partition coefficient (Wildman–Crippen LogP) is 1.30. The summed E-state index contributed by atoms with van der Waals surface area (Å²) in [5, 5.41) is 18.5. The van der Waals surface area contributed by atoms with Crippen molar-refractivity contribution in [2.24, 2.45) is 0 Å². The Hall–Kier alpha value is -2.68. The fourth-order valence-corrected chi connectivity index (χ4v) is 2.02. The van der Waals surface area contributed by atoms with Gasteiger partial charge in [-0.1, -0.05) is 12.1 Å². The summed E-state index contributed by atoms with van der Waals surface area (Å²) in [6.45, 7) is 0.473. The minimum Gasteiger partial charge on any atom is -0.508 e. The number of likely N-dealkylation sites (N-methyl/N-ethyl adjacent to an activating group) is 1. The van der Waals surface area contributed by atoms with E-state index in [1.807, 2.05) is 6.07 Å². The molecule has 6 nitrogen and oxygen atoms in total. The third-order valence-corrected chi connectivity index (χ3v) is 3.00. The van der Waals surface area contributed by atoms with Gasteiger partial charge in [-0.15, -0.1) is 0 Å². The van der Waals surface area contributed by atoms with E-state index in [1.54, 1.807) is 36.2 Å². The largest absolute Gasteiger partial charge is 0.508 e. The first-order chi connectivity index (χ1) is 9.56. The molecule has 1 aromatic rings. The molecule has 1 atom stereocenters. The summed E-state index contributed by atoms with van der Waals surface area (Å²) in [6.07, 6.45) is -0.352. The number of nitriles is 1. The molecule has 1 heterocycles. The SMILES string of the molecule is COC(=O)/C(C#N)=C1/O[C@H](c2cccc(O)c2)CN1C. The van der Waals surface area contributed by atoms with Crippen LogP contribution in [0, 0.1) is 11.3 Å². The highest BCUT2D eigenvalue weighted by molar-refractivity contribution is 5.93. The number of carbonyl (C=O) groups excluding carboxylic acids is 1. The number of hydrogen-bond acceptors (Lipinski definition) is 6. The van der Waals surface area contributed by atoms with E-state index in [-0.39, 0.29) is 23.3 Å². The molecule has 6 heteroatoms. The van der Waals surface area contributed by atoms with Crippen molar-refractivity contribution in [2.75, 3.05) is 20.7 Å². The van der Waals surface area contributed by atoms with Crippen molar-refractivity contribution in [1.82, 2.24) is 4.90 Å². The Morgan fingerprint density at radius 3 is 2.95 bits per heavy atom. The third kappa shape index (κ3) is 2.52. The number of phenolic OH excluding ortho intramolecular Hbond substituents is 1. The van der Waals surface area contributed by atoms with E-state index in [9.17, 15) is 9.90 Å². The van der Waals surface area contributed by atoms with Crippen molar-refractivity contribution < 1.29 is 19.4 Å². The van der Waals surface area contributed by atoms with Crippen molar-refractivity contribution in [1.29, 1.82) is 5.26 Å². The third-order valence-electron chi connectivity index (χ3n) is 3.00. The van der Waals surface area contributed by atoms with Crippen molar-refractivity contribution in [3.8, 4) is 11.8 Å². The second-order valence-electron chi connectivity index (χ2n) is 4.37. The minimum absolute atomic E-state index is 0.139. The fraction of sp³-hybridized carbons (Fsp3) is 0.286. The molecule has 1 aliphatic rings. The molecule has 104 valence electrons. The van der Waals surface area contributed by atoms with Crippen LogP contribution in [0.1, 0.15) is 11.7 Å². The number of ether oxygens (including phenoxy) is 2. The highest BCUT2D eigenvalue weighted by Gasteiger charge is 2.32. The predicted molar refractivity (Wildman–Crippen MR) is 69.2 cm³/mol. The maximum atomic E-state index is 11.5. The number of esters is 1. The number of benzene rings is 1. The molecule has 0 aromatic heterocycles. The lowest BCUT2D eigenvalue weighted by molar-refractivity contribution is -0.136. The molecule has 0 unspecified atom stereocenters. The van der Waals surface area contributed by atoms with Crippen LogP contribution in [0.15, 0.2) is 35.7 Å². The van der Waals surface area contributed by atoms with Gasteiger partial charge in [0.1, 0.15) is 17.9 Å². The Balaban J connectivity index is 2.31. The summed E-state index contributed by atoms with van der Waals surface area (Å²) in [7, 11) is 2.93. The first kappa shape index (κ1) is 13.7. The average Bonchev–Trinajstić information content (AvgIpc) is 2.82. The summed E-state index contributed by atoms with van der Waals surface area (Å²) in [5.74, 6) is -0.404. The minimum atomic E-state index is -0.731. The normalized spacial score (nSPS) is 20.1. The molecule has 0 spiro atoms. The molecule has 1 aliphatic heterocycles. The van der Waals surface area contributed by atoms with Crippen LogP contribution in [0.5, 0.6) is 5.75 Å². The summed E-state index contributed by atoms with van der Waals surface area (Å²) < 4.78 is 10.2. The van der Waals surface area contributed by atoms with Crippen LogP contribution in [-0.4, -0.2) is 36.7 Å². The second kappa shape index (κ2) is 5.53. The quantitative estimate of drug-likeness (QED) is 0.497. The van der Waals surface area contributed by atoms with Crippen LogP contribution < -0.4 is 0 Å². The smallest absolute Gasteiger partial charge is 0.354 e. The van der Waals surface area contributed by atoms with E-state index in [4.69, 9.17) is 10.00 Å². The number of aromatic hydroxyl groups is 1. The summed E-state index contributed by atoms with van der Waals surface area (Å²) in [6, 6.07) is 8.47. The number of carbonyl (C=O) groups is 1. The highest BCUT2D eigenvalue weighted by Crippen LogP contribution is 2.33. The lowest BCUT2D eigenvalue weighted by Gasteiger charge is -2.10. The Labute approximate surface area is 116 Å². The number of hydrogen-bond donors (Lipinski definition) is 1. The molecule has 20 heavy (non-hydrogen) atoms. The van der Waals surface area contributed by atoms with E-state index in [0.29, 0.717) is 6.54 Å². The van der Waals surface area contributed by atoms with Gasteiger partial charge in [-0.05, 0) is 17.7 Å². The monoisotopic (exact) mass is 274 g/mol. The zero-order chi connectivity index (χ0) is 14.7. The lowest BCUT2D eigenvalue weighted by atomic mass is 10.1. The molecule has 0 bridgehead atoms. The molecule has 1 saturated heterocycles. The Kier molecular flexibility index (Phi) is 3.80. The van der Waals surface area contributed by atoms with Crippen molar-refractivity contribution in [2.45, 2.75) is 6.10 Å². The van der Waals surface area contributed by atoms with Crippen molar-refractivity contribution in [3.05, 3.63) is 41.3 Å². The molecule has 0 radical (unpaired) electrons. The summed E-state index contributed by atoms with van der Waals surface area (Å²) >= 11 is 0. The summed E-state index contributed by atoms with van der Waals surface area (Å²) in [5.41, 5.74) is 0.603. The number of nitrogens with zero attached hydrogens (tertiary/aromatic N) is 2. The Morgan fingerprint density at radius 1 is 1.60 bits per heavy atom. The Bertz CT molecular complexity index is 603. The zero-order valence-corrected chi connectivity index (χ0v) is 11.2. The molecule has 1 aromatic carbocycles. The van der Waals surface area contributed by atoms with Crippen LogP contribution in [0.3, 0.4) is 0 Å². The van der Waals surface area contributed by atoms with Gasteiger partial charge >= 0.3 is 5.97 Å². The van der Waals surface area contributed by atoms with E-state index >= 15 is 0 Å². The molecule has 0 amide bonds. The number of rotatable bonds is 2. The maximum Gasteiger partial charge on any atom is 0.354 e. The summed E-state index contributed by atoms with van der Waals surface area (Å²) in [4.78, 5) is 13.2. The van der Waals surface area contributed by atoms with Gasteiger partial charge in [0.05, 0.1) is 13.7 Å².